The Hall–Kier alpha value is -1.33. The lowest BCUT2D eigenvalue weighted by atomic mass is 10.3. The molecule has 0 aromatic carbocycles. The van der Waals surface area contributed by atoms with Crippen LogP contribution in [0.4, 0.5) is 5.95 Å². The van der Waals surface area contributed by atoms with Crippen molar-refractivity contribution < 1.29 is 0 Å². The minimum Gasteiger partial charge on any atom is -0.352 e. The summed E-state index contributed by atoms with van der Waals surface area (Å²) in [4.78, 5) is 11.8. The highest BCUT2D eigenvalue weighted by molar-refractivity contribution is 5.85. The molecule has 86 valence electrons. The Labute approximate surface area is 99.5 Å². The molecule has 1 saturated heterocycles. The Bertz CT molecular complexity index is 430. The van der Waals surface area contributed by atoms with Gasteiger partial charge in [0, 0.05) is 18.8 Å². The molecule has 3 rings (SSSR count). The van der Waals surface area contributed by atoms with Crippen LogP contribution in [0, 0.1) is 0 Å². The van der Waals surface area contributed by atoms with Crippen molar-refractivity contribution in [3.05, 3.63) is 18.3 Å². The molecule has 1 atom stereocenters. The molecule has 0 bridgehead atoms. The van der Waals surface area contributed by atoms with Crippen molar-refractivity contribution in [3.63, 3.8) is 0 Å². The third-order valence-electron chi connectivity index (χ3n) is 2.66. The summed E-state index contributed by atoms with van der Waals surface area (Å²) >= 11 is 0. The molecular formula is C10H14ClN5. The minimum atomic E-state index is 0. The zero-order valence-corrected chi connectivity index (χ0v) is 9.55. The number of hydrogen-bond acceptors (Lipinski definition) is 4. The molecule has 1 aliphatic heterocycles. The number of aromatic amines is 1. The van der Waals surface area contributed by atoms with Gasteiger partial charge < -0.3 is 15.6 Å². The van der Waals surface area contributed by atoms with E-state index in [4.69, 9.17) is 0 Å². The molecule has 0 unspecified atom stereocenters. The van der Waals surface area contributed by atoms with Crippen LogP contribution in [0.15, 0.2) is 18.3 Å². The number of H-pyrrole nitrogens is 1. The number of fused-ring (bicyclic) bond motifs is 1. The van der Waals surface area contributed by atoms with Gasteiger partial charge in [0.05, 0.1) is 5.52 Å². The van der Waals surface area contributed by atoms with Crippen LogP contribution in [-0.2, 0) is 0 Å². The maximum atomic E-state index is 4.37. The first-order valence-electron chi connectivity index (χ1n) is 5.20. The monoisotopic (exact) mass is 239 g/mol. The van der Waals surface area contributed by atoms with Gasteiger partial charge in [0.15, 0.2) is 5.65 Å². The van der Waals surface area contributed by atoms with E-state index in [1.54, 1.807) is 6.20 Å². The topological polar surface area (TPSA) is 65.6 Å². The number of imidazole rings is 1. The van der Waals surface area contributed by atoms with Crippen molar-refractivity contribution >= 4 is 29.5 Å². The number of anilines is 1. The van der Waals surface area contributed by atoms with Crippen LogP contribution in [0.5, 0.6) is 0 Å². The van der Waals surface area contributed by atoms with Crippen molar-refractivity contribution in [1.82, 2.24) is 20.3 Å². The molecule has 0 saturated carbocycles. The first kappa shape index (κ1) is 11.2. The second-order valence-electron chi connectivity index (χ2n) is 3.79. The standard InChI is InChI=1S/C10H13N5.ClH/c1-2-8-9(12-4-1)15-10(14-8)13-7-3-5-11-6-7;/h1-2,4,7,11H,3,5-6H2,(H2,12,13,14,15);1H/t7-;/m0./s1. The molecular weight excluding hydrogens is 226 g/mol. The van der Waals surface area contributed by atoms with Crippen LogP contribution in [-0.4, -0.2) is 34.1 Å². The summed E-state index contributed by atoms with van der Waals surface area (Å²) in [6.07, 6.45) is 2.90. The smallest absolute Gasteiger partial charge is 0.202 e. The van der Waals surface area contributed by atoms with Gasteiger partial charge in [-0.25, -0.2) is 4.98 Å². The second kappa shape index (κ2) is 4.67. The minimum absolute atomic E-state index is 0. The number of halogens is 1. The molecule has 2 aromatic heterocycles. The molecule has 6 heteroatoms. The molecule has 0 radical (unpaired) electrons. The Morgan fingerprint density at radius 2 is 2.38 bits per heavy atom. The molecule has 1 aliphatic rings. The van der Waals surface area contributed by atoms with Gasteiger partial charge in [-0.3, -0.25) is 0 Å². The number of rotatable bonds is 2. The highest BCUT2D eigenvalue weighted by Gasteiger charge is 2.15. The lowest BCUT2D eigenvalue weighted by Crippen LogP contribution is -2.22. The van der Waals surface area contributed by atoms with Crippen LogP contribution in [0.1, 0.15) is 6.42 Å². The lowest BCUT2D eigenvalue weighted by molar-refractivity contribution is 0.784. The lowest BCUT2D eigenvalue weighted by Gasteiger charge is -2.08. The number of aromatic nitrogens is 3. The second-order valence-corrected chi connectivity index (χ2v) is 3.79. The molecule has 1 fully saturated rings. The van der Waals surface area contributed by atoms with E-state index < -0.39 is 0 Å². The van der Waals surface area contributed by atoms with E-state index in [0.29, 0.717) is 6.04 Å². The number of pyridine rings is 1. The van der Waals surface area contributed by atoms with Gasteiger partial charge in [0.1, 0.15) is 0 Å². The van der Waals surface area contributed by atoms with Gasteiger partial charge in [0.25, 0.3) is 0 Å². The fourth-order valence-corrected chi connectivity index (χ4v) is 1.88. The van der Waals surface area contributed by atoms with Gasteiger partial charge in [0.2, 0.25) is 5.95 Å². The maximum absolute atomic E-state index is 4.37. The SMILES string of the molecule is Cl.c1cnc2nc(N[C@H]3CCNC3)[nH]c2c1. The van der Waals surface area contributed by atoms with E-state index in [-0.39, 0.29) is 12.4 Å². The predicted octanol–water partition coefficient (Wildman–Crippen LogP) is 1.15. The molecule has 0 amide bonds. The van der Waals surface area contributed by atoms with Crippen molar-refractivity contribution in [1.29, 1.82) is 0 Å². The fourth-order valence-electron chi connectivity index (χ4n) is 1.88. The third kappa shape index (κ3) is 2.10. The summed E-state index contributed by atoms with van der Waals surface area (Å²) in [5, 5.41) is 6.67. The predicted molar refractivity (Wildman–Crippen MR) is 66.0 cm³/mol. The Balaban J connectivity index is 0.000000963. The third-order valence-corrected chi connectivity index (χ3v) is 2.66. The van der Waals surface area contributed by atoms with Gasteiger partial charge in [-0.15, -0.1) is 12.4 Å². The summed E-state index contributed by atoms with van der Waals surface area (Å²) in [7, 11) is 0. The van der Waals surface area contributed by atoms with Crippen LogP contribution in [0.3, 0.4) is 0 Å². The highest BCUT2D eigenvalue weighted by atomic mass is 35.5. The van der Waals surface area contributed by atoms with Gasteiger partial charge in [-0.2, -0.15) is 4.98 Å². The van der Waals surface area contributed by atoms with E-state index in [1.165, 1.54) is 0 Å². The first-order valence-corrected chi connectivity index (χ1v) is 5.20. The molecule has 2 aromatic rings. The van der Waals surface area contributed by atoms with Gasteiger partial charge >= 0.3 is 0 Å². The summed E-state index contributed by atoms with van der Waals surface area (Å²) in [6.45, 7) is 2.08. The van der Waals surface area contributed by atoms with Crippen molar-refractivity contribution in [3.8, 4) is 0 Å². The molecule has 16 heavy (non-hydrogen) atoms. The number of nitrogens with one attached hydrogen (secondary N) is 3. The Morgan fingerprint density at radius 1 is 1.44 bits per heavy atom. The molecule has 0 aliphatic carbocycles. The quantitative estimate of drug-likeness (QED) is 0.736. The van der Waals surface area contributed by atoms with E-state index in [0.717, 1.165) is 36.6 Å². The summed E-state index contributed by atoms with van der Waals surface area (Å²) in [5.41, 5.74) is 1.75. The molecule has 3 heterocycles. The van der Waals surface area contributed by atoms with E-state index in [9.17, 15) is 0 Å². The van der Waals surface area contributed by atoms with Crippen molar-refractivity contribution in [2.75, 3.05) is 18.4 Å². The summed E-state index contributed by atoms with van der Waals surface area (Å²) in [6, 6.07) is 4.36. The summed E-state index contributed by atoms with van der Waals surface area (Å²) in [5.74, 6) is 0.817. The average Bonchev–Trinajstić information content (AvgIpc) is 2.86. The molecule has 5 nitrogen and oxygen atoms in total. The number of nitrogens with zero attached hydrogens (tertiary/aromatic N) is 2. The van der Waals surface area contributed by atoms with Crippen LogP contribution >= 0.6 is 12.4 Å². The van der Waals surface area contributed by atoms with Crippen molar-refractivity contribution in [2.24, 2.45) is 0 Å². The van der Waals surface area contributed by atoms with Crippen LogP contribution in [0.25, 0.3) is 11.2 Å². The highest BCUT2D eigenvalue weighted by Crippen LogP contribution is 2.13. The Kier molecular flexibility index (Phi) is 3.26. The van der Waals surface area contributed by atoms with E-state index in [1.807, 2.05) is 12.1 Å². The largest absolute Gasteiger partial charge is 0.352 e. The maximum Gasteiger partial charge on any atom is 0.202 e. The van der Waals surface area contributed by atoms with Gasteiger partial charge in [-0.05, 0) is 25.1 Å². The normalized spacial score (nSPS) is 19.6. The first-order chi connectivity index (χ1) is 7.42. The summed E-state index contributed by atoms with van der Waals surface area (Å²) < 4.78 is 0. The average molecular weight is 240 g/mol. The molecule has 0 spiro atoms. The van der Waals surface area contributed by atoms with E-state index >= 15 is 0 Å². The number of hydrogen-bond donors (Lipinski definition) is 3. The molecule has 3 N–H and O–H groups in total. The van der Waals surface area contributed by atoms with E-state index in [2.05, 4.69) is 25.6 Å². The zero-order valence-electron chi connectivity index (χ0n) is 8.73. The van der Waals surface area contributed by atoms with Crippen LogP contribution < -0.4 is 10.6 Å². The van der Waals surface area contributed by atoms with Crippen molar-refractivity contribution in [2.45, 2.75) is 12.5 Å². The fraction of sp³-hybridized carbons (Fsp3) is 0.400. The zero-order chi connectivity index (χ0) is 10.1. The van der Waals surface area contributed by atoms with Gasteiger partial charge in [-0.1, -0.05) is 0 Å². The van der Waals surface area contributed by atoms with Crippen LogP contribution in [0.2, 0.25) is 0 Å². The Morgan fingerprint density at radius 3 is 3.12 bits per heavy atom.